The van der Waals surface area contributed by atoms with Gasteiger partial charge in [-0.3, -0.25) is 19.8 Å². The lowest BCUT2D eigenvalue weighted by atomic mass is 9.79. The Morgan fingerprint density at radius 1 is 1.41 bits per heavy atom. The van der Waals surface area contributed by atoms with Crippen LogP contribution in [0.4, 0.5) is 5.69 Å². The monoisotopic (exact) mass is 411 g/mol. The summed E-state index contributed by atoms with van der Waals surface area (Å²) in [4.78, 5) is 26.7. The Morgan fingerprint density at radius 3 is 2.86 bits per heavy atom. The van der Waals surface area contributed by atoms with E-state index < -0.39 is 17.5 Å². The molecule has 2 aromatic carbocycles. The molecule has 2 aliphatic rings. The van der Waals surface area contributed by atoms with Gasteiger partial charge in [0, 0.05) is 22.7 Å². The summed E-state index contributed by atoms with van der Waals surface area (Å²) >= 11 is 6.31. The number of likely N-dealkylation sites (tertiary alicyclic amines) is 1. The molecule has 8 heteroatoms. The Kier molecular flexibility index (Phi) is 4.69. The highest BCUT2D eigenvalue weighted by Crippen LogP contribution is 2.52. The van der Waals surface area contributed by atoms with Gasteiger partial charge in [-0.25, -0.2) is 0 Å². The zero-order valence-electron chi connectivity index (χ0n) is 15.6. The van der Waals surface area contributed by atoms with Crippen LogP contribution in [0, 0.1) is 22.5 Å². The first kappa shape index (κ1) is 19.2. The highest BCUT2D eigenvalue weighted by molar-refractivity contribution is 6.32. The topological polar surface area (TPSA) is 84.7 Å². The molecule has 0 bridgehead atoms. The number of terminal acetylenes is 1. The van der Waals surface area contributed by atoms with Crippen LogP contribution in [0.5, 0.6) is 5.75 Å². The van der Waals surface area contributed by atoms with Gasteiger partial charge in [-0.15, -0.1) is 6.42 Å². The summed E-state index contributed by atoms with van der Waals surface area (Å²) < 4.78 is 5.38. The summed E-state index contributed by atoms with van der Waals surface area (Å²) in [6.45, 7) is 0.400. The van der Waals surface area contributed by atoms with Gasteiger partial charge in [0.2, 0.25) is 0 Å². The van der Waals surface area contributed by atoms with E-state index in [1.807, 2.05) is 0 Å². The van der Waals surface area contributed by atoms with Gasteiger partial charge < -0.3 is 10.1 Å². The molecule has 0 radical (unpaired) electrons. The number of ether oxygens (including phenoxy) is 1. The van der Waals surface area contributed by atoms with Crippen molar-refractivity contribution < 1.29 is 14.5 Å². The van der Waals surface area contributed by atoms with E-state index in [-0.39, 0.29) is 17.4 Å². The third-order valence-electron chi connectivity index (χ3n) is 5.74. The number of nitro groups is 1. The van der Waals surface area contributed by atoms with Gasteiger partial charge in [-0.05, 0) is 30.8 Å². The molecular formula is C21H18ClN3O4. The fourth-order valence-electron chi connectivity index (χ4n) is 4.56. The molecule has 2 heterocycles. The van der Waals surface area contributed by atoms with Crippen LogP contribution in [0.2, 0.25) is 5.02 Å². The molecule has 148 valence electrons. The van der Waals surface area contributed by atoms with Crippen molar-refractivity contribution in [2.75, 3.05) is 25.5 Å². The summed E-state index contributed by atoms with van der Waals surface area (Å²) in [5.41, 5.74) is 0.519. The highest BCUT2D eigenvalue weighted by Gasteiger charge is 2.68. The van der Waals surface area contributed by atoms with Gasteiger partial charge in [0.05, 0.1) is 10.9 Å². The molecule has 0 aliphatic carbocycles. The van der Waals surface area contributed by atoms with Gasteiger partial charge >= 0.3 is 0 Å². The number of nitrogens with one attached hydrogen (secondary N) is 1. The molecule has 0 saturated carbocycles. The average Bonchev–Trinajstić information content (AvgIpc) is 3.17. The Hall–Kier alpha value is -3.08. The van der Waals surface area contributed by atoms with Crippen LogP contribution in [-0.2, 0) is 10.3 Å². The first-order valence-electron chi connectivity index (χ1n) is 9.02. The predicted octanol–water partition coefficient (Wildman–Crippen LogP) is 2.87. The van der Waals surface area contributed by atoms with Gasteiger partial charge in [-0.1, -0.05) is 41.8 Å². The standard InChI is InChI=1S/C21H18ClN3O4/c1-3-10-29-18-9-8-13(11-16(18)22)14-12-24(2)21(19(14)25(27)28)15-6-4-5-7-17(15)23-20(21)26/h1,4-9,11,14,19H,10,12H2,2H3,(H,23,26)/t14-,19+,21-/m0/s1. The molecular weight excluding hydrogens is 394 g/mol. The Balaban J connectivity index is 1.80. The summed E-state index contributed by atoms with van der Waals surface area (Å²) in [5.74, 6) is 1.86. The summed E-state index contributed by atoms with van der Waals surface area (Å²) in [7, 11) is 1.74. The van der Waals surface area contributed by atoms with Crippen molar-refractivity contribution in [2.24, 2.45) is 0 Å². The van der Waals surface area contributed by atoms with E-state index in [4.69, 9.17) is 22.8 Å². The third kappa shape index (κ3) is 2.76. The number of benzene rings is 2. The lowest BCUT2D eigenvalue weighted by molar-refractivity contribution is -0.534. The number of amides is 1. The van der Waals surface area contributed by atoms with Crippen molar-refractivity contribution in [1.29, 1.82) is 0 Å². The van der Waals surface area contributed by atoms with Gasteiger partial charge in [0.15, 0.2) is 5.54 Å². The van der Waals surface area contributed by atoms with Crippen molar-refractivity contribution in [3.05, 3.63) is 68.7 Å². The van der Waals surface area contributed by atoms with Crippen LogP contribution in [-0.4, -0.2) is 42.0 Å². The lowest BCUT2D eigenvalue weighted by Crippen LogP contribution is -2.54. The largest absolute Gasteiger partial charge is 0.479 e. The average molecular weight is 412 g/mol. The number of anilines is 1. The molecule has 29 heavy (non-hydrogen) atoms. The van der Waals surface area contributed by atoms with Crippen molar-refractivity contribution in [2.45, 2.75) is 17.5 Å². The molecule has 1 spiro atoms. The Bertz CT molecular complexity index is 1050. The molecule has 1 fully saturated rings. The number of hydrogen-bond acceptors (Lipinski definition) is 5. The van der Waals surface area contributed by atoms with Crippen LogP contribution in [0.1, 0.15) is 17.0 Å². The van der Waals surface area contributed by atoms with Crippen molar-refractivity contribution in [1.82, 2.24) is 4.90 Å². The molecule has 0 aromatic heterocycles. The third-order valence-corrected chi connectivity index (χ3v) is 6.03. The van der Waals surface area contributed by atoms with Crippen molar-refractivity contribution in [3.8, 4) is 18.1 Å². The number of hydrogen-bond donors (Lipinski definition) is 1. The van der Waals surface area contributed by atoms with Crippen LogP contribution >= 0.6 is 11.6 Å². The van der Waals surface area contributed by atoms with Gasteiger partial charge in [0.1, 0.15) is 12.4 Å². The molecule has 1 N–H and O–H groups in total. The second kappa shape index (κ2) is 7.07. The lowest BCUT2D eigenvalue weighted by Gasteiger charge is -2.30. The zero-order valence-corrected chi connectivity index (χ0v) is 16.3. The van der Waals surface area contributed by atoms with E-state index in [1.54, 1.807) is 54.4 Å². The number of carbonyl (C=O) groups excluding carboxylic acids is 1. The second-order valence-corrected chi connectivity index (χ2v) is 7.57. The molecule has 2 aliphatic heterocycles. The first-order valence-corrected chi connectivity index (χ1v) is 9.40. The molecule has 1 saturated heterocycles. The number of nitrogens with zero attached hydrogens (tertiary/aromatic N) is 2. The Labute approximate surface area is 172 Å². The number of likely N-dealkylation sites (N-methyl/N-ethyl adjacent to an activating group) is 1. The van der Waals surface area contributed by atoms with Crippen LogP contribution < -0.4 is 10.1 Å². The summed E-state index contributed by atoms with van der Waals surface area (Å²) in [6.07, 6.45) is 5.20. The van der Waals surface area contributed by atoms with Crippen LogP contribution in [0.15, 0.2) is 42.5 Å². The van der Waals surface area contributed by atoms with E-state index in [1.165, 1.54) is 0 Å². The maximum Gasteiger partial charge on any atom is 0.256 e. The predicted molar refractivity (Wildman–Crippen MR) is 109 cm³/mol. The van der Waals surface area contributed by atoms with Crippen LogP contribution in [0.3, 0.4) is 0 Å². The minimum atomic E-state index is -1.38. The molecule has 7 nitrogen and oxygen atoms in total. The maximum absolute atomic E-state index is 13.1. The molecule has 0 unspecified atom stereocenters. The maximum atomic E-state index is 13.1. The molecule has 4 rings (SSSR count). The SMILES string of the molecule is C#CCOc1ccc([C@@H]2CN(C)[C@]3(C(=O)Nc4ccccc43)[C@@H]2[N+](=O)[O-])cc1Cl. The minimum absolute atomic E-state index is 0.0722. The Morgan fingerprint density at radius 2 is 2.17 bits per heavy atom. The van der Waals surface area contributed by atoms with Gasteiger partial charge in [0.25, 0.3) is 11.9 Å². The number of halogens is 1. The van der Waals surface area contributed by atoms with E-state index >= 15 is 0 Å². The molecule has 3 atom stereocenters. The van der Waals surface area contributed by atoms with E-state index in [9.17, 15) is 14.9 Å². The first-order chi connectivity index (χ1) is 13.9. The normalized spacial score (nSPS) is 25.5. The number of para-hydroxylation sites is 1. The fraction of sp³-hybridized carbons (Fsp3) is 0.286. The number of fused-ring (bicyclic) bond motifs is 2. The van der Waals surface area contributed by atoms with E-state index in [2.05, 4.69) is 11.2 Å². The number of rotatable bonds is 4. The van der Waals surface area contributed by atoms with E-state index in [0.29, 0.717) is 34.1 Å². The quantitative estimate of drug-likeness (QED) is 0.475. The van der Waals surface area contributed by atoms with Crippen LogP contribution in [0.25, 0.3) is 0 Å². The fourth-order valence-corrected chi connectivity index (χ4v) is 4.81. The number of carbonyl (C=O) groups is 1. The second-order valence-electron chi connectivity index (χ2n) is 7.17. The van der Waals surface area contributed by atoms with E-state index in [0.717, 1.165) is 0 Å². The van der Waals surface area contributed by atoms with Crippen molar-refractivity contribution >= 4 is 23.2 Å². The zero-order chi connectivity index (χ0) is 20.8. The summed E-state index contributed by atoms with van der Waals surface area (Å²) in [5, 5.41) is 15.4. The van der Waals surface area contributed by atoms with Crippen molar-refractivity contribution in [3.63, 3.8) is 0 Å². The highest BCUT2D eigenvalue weighted by atomic mass is 35.5. The van der Waals surface area contributed by atoms with Gasteiger partial charge in [-0.2, -0.15) is 0 Å². The molecule has 1 amide bonds. The minimum Gasteiger partial charge on any atom is -0.479 e. The molecule has 2 aromatic rings. The summed E-state index contributed by atoms with van der Waals surface area (Å²) in [6, 6.07) is 11.0. The smallest absolute Gasteiger partial charge is 0.256 e.